The van der Waals surface area contributed by atoms with E-state index in [0.29, 0.717) is 0 Å². The lowest BCUT2D eigenvalue weighted by atomic mass is 9.99. The molecule has 1 fully saturated rings. The Morgan fingerprint density at radius 2 is 1.00 bits per heavy atom. The molecule has 8 heteroatoms. The summed E-state index contributed by atoms with van der Waals surface area (Å²) in [6.45, 7) is 0. The molecule has 1 aliphatic carbocycles. The Kier molecular flexibility index (Phi) is 8.63. The molecule has 6 N–H and O–H groups in total. The zero-order valence-electron chi connectivity index (χ0n) is 12.9. The molecule has 0 radical (unpaired) electrons. The first-order valence-electron chi connectivity index (χ1n) is 7.79. The number of nitrogens with two attached hydrogens (primary N) is 2. The van der Waals surface area contributed by atoms with Gasteiger partial charge in [0.15, 0.2) is 0 Å². The summed E-state index contributed by atoms with van der Waals surface area (Å²) >= 11 is 0. The van der Waals surface area contributed by atoms with Crippen molar-refractivity contribution >= 4 is 23.5 Å². The van der Waals surface area contributed by atoms with Crippen molar-refractivity contribution in [3.05, 3.63) is 0 Å². The number of amides is 4. The van der Waals surface area contributed by atoms with Gasteiger partial charge in [0.2, 0.25) is 0 Å². The van der Waals surface area contributed by atoms with Gasteiger partial charge in [-0.25, -0.2) is 20.4 Å². The fraction of sp³-hybridized carbons (Fsp3) is 0.714. The molecule has 0 atom stereocenters. The van der Waals surface area contributed by atoms with Gasteiger partial charge in [-0.1, -0.05) is 12.8 Å². The Bertz CT molecular complexity index is 377. The highest BCUT2D eigenvalue weighted by molar-refractivity contribution is 5.86. The SMILES string of the molecule is NC(=O)NN=C1CCCCCC(=NNC(N)=O)CCCCC1. The molecule has 0 heterocycles. The lowest BCUT2D eigenvalue weighted by Crippen LogP contribution is -2.26. The van der Waals surface area contributed by atoms with E-state index in [9.17, 15) is 9.59 Å². The maximum absolute atomic E-state index is 10.7. The molecule has 8 nitrogen and oxygen atoms in total. The summed E-state index contributed by atoms with van der Waals surface area (Å²) in [4.78, 5) is 21.4. The minimum Gasteiger partial charge on any atom is -0.350 e. The minimum absolute atomic E-state index is 0.624. The Labute approximate surface area is 130 Å². The van der Waals surface area contributed by atoms with E-state index in [1.807, 2.05) is 0 Å². The van der Waals surface area contributed by atoms with Gasteiger partial charge in [-0.15, -0.1) is 0 Å². The highest BCUT2D eigenvalue weighted by Gasteiger charge is 2.07. The molecular formula is C14H26N6O2. The van der Waals surface area contributed by atoms with E-state index < -0.39 is 12.1 Å². The molecule has 0 saturated heterocycles. The first-order valence-corrected chi connectivity index (χ1v) is 7.79. The van der Waals surface area contributed by atoms with Gasteiger partial charge in [0.25, 0.3) is 0 Å². The van der Waals surface area contributed by atoms with E-state index >= 15 is 0 Å². The quantitative estimate of drug-likeness (QED) is 0.580. The van der Waals surface area contributed by atoms with Crippen LogP contribution in [0.4, 0.5) is 9.59 Å². The third-order valence-corrected chi connectivity index (χ3v) is 3.51. The van der Waals surface area contributed by atoms with Gasteiger partial charge in [-0.3, -0.25) is 0 Å². The first kappa shape index (κ1) is 17.9. The minimum atomic E-state index is -0.624. The summed E-state index contributed by atoms with van der Waals surface area (Å²) in [7, 11) is 0. The van der Waals surface area contributed by atoms with Crippen LogP contribution in [0.3, 0.4) is 0 Å². The standard InChI is InChI=1S/C14H26N6O2/c15-13(21)19-17-11-7-3-1-4-8-12(18-20-14(16)22)10-6-2-5-9-11/h1-10H2,(H3,15,19,21)(H3,16,20,22). The van der Waals surface area contributed by atoms with Crippen molar-refractivity contribution in [1.29, 1.82) is 0 Å². The summed E-state index contributed by atoms with van der Waals surface area (Å²) < 4.78 is 0. The molecule has 1 aliphatic rings. The summed E-state index contributed by atoms with van der Waals surface area (Å²) in [6, 6.07) is -1.25. The van der Waals surface area contributed by atoms with Crippen molar-refractivity contribution in [1.82, 2.24) is 10.9 Å². The fourth-order valence-corrected chi connectivity index (χ4v) is 2.41. The topological polar surface area (TPSA) is 135 Å². The van der Waals surface area contributed by atoms with Gasteiger partial charge in [0.1, 0.15) is 0 Å². The number of primary amides is 2. The molecule has 0 spiro atoms. The van der Waals surface area contributed by atoms with Crippen LogP contribution < -0.4 is 22.3 Å². The van der Waals surface area contributed by atoms with Gasteiger partial charge in [0.05, 0.1) is 0 Å². The number of carbonyl (C=O) groups excluding carboxylic acids is 2. The first-order chi connectivity index (χ1) is 10.6. The summed E-state index contributed by atoms with van der Waals surface area (Å²) in [5, 5.41) is 8.16. The van der Waals surface area contributed by atoms with Crippen LogP contribution in [-0.4, -0.2) is 23.5 Å². The van der Waals surface area contributed by atoms with Crippen molar-refractivity contribution in [2.45, 2.75) is 64.2 Å². The van der Waals surface area contributed by atoms with Gasteiger partial charge in [-0.2, -0.15) is 10.2 Å². The zero-order valence-corrected chi connectivity index (χ0v) is 12.9. The van der Waals surface area contributed by atoms with Crippen molar-refractivity contribution in [3.63, 3.8) is 0 Å². The van der Waals surface area contributed by atoms with Crippen molar-refractivity contribution in [3.8, 4) is 0 Å². The Hall–Kier alpha value is -2.12. The Balaban J connectivity index is 2.49. The molecule has 0 aromatic heterocycles. The Morgan fingerprint density at radius 3 is 1.27 bits per heavy atom. The van der Waals surface area contributed by atoms with Crippen LogP contribution in [0.5, 0.6) is 0 Å². The lowest BCUT2D eigenvalue weighted by Gasteiger charge is -2.11. The molecule has 124 valence electrons. The molecule has 0 aliphatic heterocycles. The van der Waals surface area contributed by atoms with Crippen molar-refractivity contribution in [2.75, 3.05) is 0 Å². The summed E-state index contributed by atoms with van der Waals surface area (Å²) in [5.41, 5.74) is 16.7. The van der Waals surface area contributed by atoms with Crippen molar-refractivity contribution in [2.24, 2.45) is 21.7 Å². The highest BCUT2D eigenvalue weighted by Crippen LogP contribution is 2.14. The van der Waals surface area contributed by atoms with E-state index in [-0.39, 0.29) is 0 Å². The number of nitrogens with one attached hydrogen (secondary N) is 2. The fourth-order valence-electron chi connectivity index (χ4n) is 2.41. The molecule has 4 amide bonds. The third-order valence-electron chi connectivity index (χ3n) is 3.51. The lowest BCUT2D eigenvalue weighted by molar-refractivity contribution is 0.248. The second-order valence-electron chi connectivity index (χ2n) is 5.43. The highest BCUT2D eigenvalue weighted by atomic mass is 16.2. The average molecular weight is 310 g/mol. The molecule has 1 saturated carbocycles. The molecule has 0 aromatic carbocycles. The average Bonchev–Trinajstić information content (AvgIpc) is 2.45. The summed E-state index contributed by atoms with van der Waals surface area (Å²) in [6.07, 6.45) is 9.60. The normalized spacial score (nSPS) is 17.6. The second-order valence-corrected chi connectivity index (χ2v) is 5.43. The molecule has 0 aromatic rings. The van der Waals surface area contributed by atoms with Crippen LogP contribution in [-0.2, 0) is 0 Å². The van der Waals surface area contributed by atoms with Crippen LogP contribution in [0, 0.1) is 0 Å². The summed E-state index contributed by atoms with van der Waals surface area (Å²) in [5.74, 6) is 0. The number of hydrazone groups is 2. The second kappa shape index (κ2) is 10.6. The van der Waals surface area contributed by atoms with Crippen LogP contribution in [0.2, 0.25) is 0 Å². The van der Waals surface area contributed by atoms with Crippen LogP contribution >= 0.6 is 0 Å². The van der Waals surface area contributed by atoms with Gasteiger partial charge in [-0.05, 0) is 51.4 Å². The van der Waals surface area contributed by atoms with Gasteiger partial charge < -0.3 is 11.5 Å². The molecule has 1 rings (SSSR count). The maximum Gasteiger partial charge on any atom is 0.332 e. The molecule has 0 unspecified atom stereocenters. The van der Waals surface area contributed by atoms with E-state index in [1.165, 1.54) is 0 Å². The van der Waals surface area contributed by atoms with Crippen LogP contribution in [0.15, 0.2) is 10.2 Å². The number of hydrogen-bond donors (Lipinski definition) is 4. The van der Waals surface area contributed by atoms with E-state index in [4.69, 9.17) is 11.5 Å². The van der Waals surface area contributed by atoms with Crippen molar-refractivity contribution < 1.29 is 9.59 Å². The number of nitrogens with zero attached hydrogens (tertiary/aromatic N) is 2. The largest absolute Gasteiger partial charge is 0.350 e. The molecular weight excluding hydrogens is 284 g/mol. The monoisotopic (exact) mass is 310 g/mol. The van der Waals surface area contributed by atoms with E-state index in [0.717, 1.165) is 75.6 Å². The zero-order chi connectivity index (χ0) is 16.2. The number of carbonyl (C=O) groups is 2. The van der Waals surface area contributed by atoms with Gasteiger partial charge >= 0.3 is 12.1 Å². The Morgan fingerprint density at radius 1 is 0.682 bits per heavy atom. The van der Waals surface area contributed by atoms with E-state index in [1.54, 1.807) is 0 Å². The van der Waals surface area contributed by atoms with E-state index in [2.05, 4.69) is 21.1 Å². The predicted octanol–water partition coefficient (Wildman–Crippen LogP) is 1.95. The van der Waals surface area contributed by atoms with Crippen LogP contribution in [0.1, 0.15) is 64.2 Å². The number of hydrogen-bond acceptors (Lipinski definition) is 4. The smallest absolute Gasteiger partial charge is 0.332 e. The molecule has 0 bridgehead atoms. The number of rotatable bonds is 2. The van der Waals surface area contributed by atoms with Gasteiger partial charge in [0, 0.05) is 11.4 Å². The number of urea groups is 2. The maximum atomic E-state index is 10.7. The third kappa shape index (κ3) is 8.93. The van der Waals surface area contributed by atoms with Crippen LogP contribution in [0.25, 0.3) is 0 Å². The predicted molar refractivity (Wildman–Crippen MR) is 86.5 cm³/mol. The molecule has 22 heavy (non-hydrogen) atoms.